The summed E-state index contributed by atoms with van der Waals surface area (Å²) in [6, 6.07) is 7.43. The number of nitrogens with zero attached hydrogens (tertiary/aromatic N) is 5. The molecule has 8 heteroatoms. The first-order chi connectivity index (χ1) is 14.6. The summed E-state index contributed by atoms with van der Waals surface area (Å²) in [5.41, 5.74) is 4.13. The quantitative estimate of drug-likeness (QED) is 0.606. The maximum Gasteiger partial charge on any atom is 0.410 e. The van der Waals surface area contributed by atoms with Crippen LogP contribution in [0, 0.1) is 0 Å². The lowest BCUT2D eigenvalue weighted by Gasteiger charge is -2.30. The minimum Gasteiger partial charge on any atom is -0.444 e. The second-order valence-electron chi connectivity index (χ2n) is 8.86. The Morgan fingerprint density at radius 3 is 2.39 bits per heavy atom. The number of carbonyl (C=O) groups is 2. The Morgan fingerprint density at radius 2 is 1.77 bits per heavy atom. The summed E-state index contributed by atoms with van der Waals surface area (Å²) in [6.45, 7) is 6.37. The smallest absolute Gasteiger partial charge is 0.410 e. The van der Waals surface area contributed by atoms with Crippen molar-refractivity contribution in [1.29, 1.82) is 0 Å². The molecule has 162 valence electrons. The number of ketones is 1. The molecule has 0 radical (unpaired) electrons. The third-order valence-electron chi connectivity index (χ3n) is 5.29. The highest BCUT2D eigenvalue weighted by Crippen LogP contribution is 2.26. The number of rotatable bonds is 3. The summed E-state index contributed by atoms with van der Waals surface area (Å²) in [6.07, 6.45) is 3.97. The maximum absolute atomic E-state index is 13.3. The monoisotopic (exact) mass is 421 g/mol. The van der Waals surface area contributed by atoms with Gasteiger partial charge in [-0.15, -0.1) is 0 Å². The first kappa shape index (κ1) is 20.8. The van der Waals surface area contributed by atoms with Crippen molar-refractivity contribution in [2.75, 3.05) is 6.54 Å². The number of ether oxygens (including phenoxy) is 1. The molecule has 4 rings (SSSR count). The number of hydrogen-bond donors (Lipinski definition) is 0. The van der Waals surface area contributed by atoms with Gasteiger partial charge in [0.15, 0.2) is 0 Å². The van der Waals surface area contributed by atoms with Gasteiger partial charge in [0.2, 0.25) is 5.78 Å². The maximum atomic E-state index is 13.3. The van der Waals surface area contributed by atoms with E-state index in [-0.39, 0.29) is 11.9 Å². The lowest BCUT2D eigenvalue weighted by Crippen LogP contribution is -2.40. The first-order valence-corrected chi connectivity index (χ1v) is 10.3. The van der Waals surface area contributed by atoms with E-state index in [1.54, 1.807) is 32.6 Å². The Kier molecular flexibility index (Phi) is 5.16. The summed E-state index contributed by atoms with van der Waals surface area (Å²) in [5, 5.41) is 8.68. The molecule has 31 heavy (non-hydrogen) atoms. The molecule has 0 bridgehead atoms. The van der Waals surface area contributed by atoms with Crippen LogP contribution in [-0.2, 0) is 31.8 Å². The second kappa shape index (κ2) is 7.68. The van der Waals surface area contributed by atoms with Gasteiger partial charge in [0.05, 0.1) is 12.7 Å². The molecule has 0 saturated carbocycles. The topological polar surface area (TPSA) is 82.2 Å². The van der Waals surface area contributed by atoms with Crippen molar-refractivity contribution in [2.24, 2.45) is 14.1 Å². The Labute approximate surface area is 181 Å². The van der Waals surface area contributed by atoms with Gasteiger partial charge in [-0.3, -0.25) is 14.2 Å². The van der Waals surface area contributed by atoms with Crippen molar-refractivity contribution < 1.29 is 14.3 Å². The molecule has 0 fully saturated rings. The van der Waals surface area contributed by atoms with Crippen molar-refractivity contribution in [3.8, 4) is 11.1 Å². The van der Waals surface area contributed by atoms with Crippen molar-refractivity contribution in [2.45, 2.75) is 39.3 Å². The van der Waals surface area contributed by atoms with Gasteiger partial charge in [-0.2, -0.15) is 10.2 Å². The lowest BCUT2D eigenvalue weighted by molar-refractivity contribution is 0.0222. The molecule has 0 saturated heterocycles. The minimum atomic E-state index is -0.568. The fourth-order valence-electron chi connectivity index (χ4n) is 3.78. The summed E-state index contributed by atoms with van der Waals surface area (Å²) < 4.78 is 9.00. The van der Waals surface area contributed by atoms with E-state index in [0.29, 0.717) is 30.8 Å². The number of fused-ring (bicyclic) bond motifs is 1. The first-order valence-electron chi connectivity index (χ1n) is 10.3. The number of amides is 1. The molecule has 8 nitrogen and oxygen atoms in total. The van der Waals surface area contributed by atoms with E-state index in [9.17, 15) is 9.59 Å². The van der Waals surface area contributed by atoms with Crippen molar-refractivity contribution in [3.05, 3.63) is 59.2 Å². The Balaban J connectivity index is 1.58. The number of benzene rings is 1. The molecular weight excluding hydrogens is 394 g/mol. The predicted molar refractivity (Wildman–Crippen MR) is 116 cm³/mol. The van der Waals surface area contributed by atoms with Gasteiger partial charge in [-0.1, -0.05) is 24.3 Å². The zero-order valence-corrected chi connectivity index (χ0v) is 18.5. The van der Waals surface area contributed by atoms with Crippen molar-refractivity contribution in [1.82, 2.24) is 24.5 Å². The van der Waals surface area contributed by atoms with Gasteiger partial charge < -0.3 is 9.64 Å². The van der Waals surface area contributed by atoms with E-state index in [2.05, 4.69) is 10.2 Å². The van der Waals surface area contributed by atoms with Crippen molar-refractivity contribution in [3.63, 3.8) is 0 Å². The van der Waals surface area contributed by atoms with Crippen LogP contribution in [0.4, 0.5) is 4.79 Å². The van der Waals surface area contributed by atoms with Crippen LogP contribution in [0.5, 0.6) is 0 Å². The lowest BCUT2D eigenvalue weighted by atomic mass is 9.98. The number of hydrogen-bond acceptors (Lipinski definition) is 5. The molecule has 0 spiro atoms. The van der Waals surface area contributed by atoms with Gasteiger partial charge in [0.25, 0.3) is 0 Å². The molecular formula is C23H27N5O3. The Hall–Kier alpha value is -3.42. The van der Waals surface area contributed by atoms with Crippen LogP contribution in [0.25, 0.3) is 11.1 Å². The number of aryl methyl sites for hydroxylation is 2. The number of carbonyl (C=O) groups excluding carboxylic acids is 2. The van der Waals surface area contributed by atoms with Crippen molar-refractivity contribution >= 4 is 11.9 Å². The van der Waals surface area contributed by atoms with E-state index in [4.69, 9.17) is 4.74 Å². The third-order valence-corrected chi connectivity index (χ3v) is 5.29. The van der Waals surface area contributed by atoms with Crippen LogP contribution >= 0.6 is 0 Å². The Morgan fingerprint density at radius 1 is 1.06 bits per heavy atom. The zero-order valence-electron chi connectivity index (χ0n) is 18.5. The summed E-state index contributed by atoms with van der Waals surface area (Å²) in [7, 11) is 3.70. The molecule has 0 atom stereocenters. The SMILES string of the molecule is Cn1cc(-c2ccc(C(=O)c3nn(C)c4c3CN(C(=O)OC(C)(C)C)CC4)cc2)cn1. The molecule has 1 aliphatic rings. The largest absolute Gasteiger partial charge is 0.444 e. The average molecular weight is 422 g/mol. The predicted octanol–water partition coefficient (Wildman–Crippen LogP) is 3.34. The van der Waals surface area contributed by atoms with Crippen LogP contribution in [0.15, 0.2) is 36.7 Å². The highest BCUT2D eigenvalue weighted by Gasteiger charge is 2.31. The zero-order chi connectivity index (χ0) is 22.3. The second-order valence-corrected chi connectivity index (χ2v) is 8.86. The van der Waals surface area contributed by atoms with E-state index in [0.717, 1.165) is 22.4 Å². The fourth-order valence-corrected chi connectivity index (χ4v) is 3.78. The minimum absolute atomic E-state index is 0.152. The fraction of sp³-hybridized carbons (Fsp3) is 0.391. The number of aromatic nitrogens is 4. The normalized spacial score (nSPS) is 13.8. The van der Waals surface area contributed by atoms with Crippen LogP contribution in [-0.4, -0.2) is 48.5 Å². The van der Waals surface area contributed by atoms with Gasteiger partial charge in [0, 0.05) is 55.6 Å². The molecule has 1 aliphatic heterocycles. The van der Waals surface area contributed by atoms with Gasteiger partial charge in [-0.25, -0.2) is 4.79 Å². The third kappa shape index (κ3) is 4.23. The molecule has 1 aromatic carbocycles. The van der Waals surface area contributed by atoms with Crippen LogP contribution < -0.4 is 0 Å². The van der Waals surface area contributed by atoms with E-state index in [1.165, 1.54) is 0 Å². The van der Waals surface area contributed by atoms with E-state index in [1.807, 2.05) is 53.2 Å². The average Bonchev–Trinajstić information content (AvgIpc) is 3.29. The highest BCUT2D eigenvalue weighted by atomic mass is 16.6. The molecule has 0 unspecified atom stereocenters. The molecule has 3 heterocycles. The van der Waals surface area contributed by atoms with Crippen LogP contribution in [0.3, 0.4) is 0 Å². The van der Waals surface area contributed by atoms with E-state index < -0.39 is 5.60 Å². The summed E-state index contributed by atoms with van der Waals surface area (Å²) in [4.78, 5) is 27.4. The van der Waals surface area contributed by atoms with Crippen LogP contribution in [0.2, 0.25) is 0 Å². The standard InChI is InChI=1S/C23H27N5O3/c1-23(2,3)31-22(30)28-11-10-19-18(14-28)20(25-27(19)5)21(29)16-8-6-15(7-9-16)17-12-24-26(4)13-17/h6-9,12-13H,10-11,14H2,1-5H3. The van der Waals surface area contributed by atoms with Crippen LogP contribution in [0.1, 0.15) is 48.1 Å². The Bertz CT molecular complexity index is 1140. The summed E-state index contributed by atoms with van der Waals surface area (Å²) >= 11 is 0. The molecule has 3 aromatic rings. The molecule has 1 amide bonds. The van der Waals surface area contributed by atoms with E-state index >= 15 is 0 Å². The molecule has 2 aromatic heterocycles. The highest BCUT2D eigenvalue weighted by molar-refractivity contribution is 6.09. The summed E-state index contributed by atoms with van der Waals surface area (Å²) in [5.74, 6) is -0.152. The van der Waals surface area contributed by atoms with Gasteiger partial charge >= 0.3 is 6.09 Å². The molecule has 0 N–H and O–H groups in total. The van der Waals surface area contributed by atoms with Gasteiger partial charge in [0.1, 0.15) is 11.3 Å². The van der Waals surface area contributed by atoms with Gasteiger partial charge in [-0.05, 0) is 26.3 Å². The molecule has 0 aliphatic carbocycles.